The average Bonchev–Trinajstić information content (AvgIpc) is 1.64. The van der Waals surface area contributed by atoms with E-state index in [1.54, 1.807) is 6.92 Å². The Bertz CT molecular complexity index is 139. The first-order chi connectivity index (χ1) is 3.81. The smallest absolute Gasteiger partial charge is 0.323 e. The summed E-state index contributed by atoms with van der Waals surface area (Å²) in [5.74, 6) is 0. The molecule has 1 atom stereocenters. The standard InChI is InChI=1S/C4H12NO3P/c1-3-4(2,5)9(6,7)8/h3,5H2,1-2H3,(H2,6,7,8)/t4-/m1/s1. The Hall–Kier alpha value is 0.110. The molecule has 4 nitrogen and oxygen atoms in total. The van der Waals surface area contributed by atoms with Crippen LogP contribution in [0.1, 0.15) is 20.3 Å². The Morgan fingerprint density at radius 3 is 2.00 bits per heavy atom. The van der Waals surface area contributed by atoms with Gasteiger partial charge in [0.05, 0.1) is 0 Å². The van der Waals surface area contributed by atoms with Gasteiger partial charge < -0.3 is 15.5 Å². The summed E-state index contributed by atoms with van der Waals surface area (Å²) >= 11 is 0. The van der Waals surface area contributed by atoms with Gasteiger partial charge in [0.2, 0.25) is 0 Å². The molecule has 0 aromatic carbocycles. The first-order valence-electron chi connectivity index (χ1n) is 2.66. The molecule has 0 aromatic heterocycles. The first-order valence-corrected chi connectivity index (χ1v) is 4.27. The Morgan fingerprint density at radius 2 is 2.00 bits per heavy atom. The summed E-state index contributed by atoms with van der Waals surface area (Å²) in [5.41, 5.74) is 5.23. The lowest BCUT2D eigenvalue weighted by molar-refractivity contribution is 0.328. The molecule has 0 aliphatic carbocycles. The van der Waals surface area contributed by atoms with E-state index < -0.39 is 12.9 Å². The maximum absolute atomic E-state index is 10.5. The predicted octanol–water partition coefficient (Wildman–Crippen LogP) is 0.249. The van der Waals surface area contributed by atoms with Crippen LogP contribution in [-0.2, 0) is 4.57 Å². The molecule has 0 radical (unpaired) electrons. The quantitative estimate of drug-likeness (QED) is 0.496. The Labute approximate surface area is 54.2 Å². The Balaban J connectivity index is 4.34. The van der Waals surface area contributed by atoms with Crippen molar-refractivity contribution in [3.8, 4) is 0 Å². The Kier molecular flexibility index (Phi) is 2.41. The highest BCUT2D eigenvalue weighted by atomic mass is 31.2. The zero-order chi connectivity index (χ0) is 7.71. The summed E-state index contributed by atoms with van der Waals surface area (Å²) < 4.78 is 10.5. The predicted molar refractivity (Wildman–Crippen MR) is 34.9 cm³/mol. The van der Waals surface area contributed by atoms with Gasteiger partial charge in [-0.2, -0.15) is 0 Å². The highest BCUT2D eigenvalue weighted by molar-refractivity contribution is 7.53. The average molecular weight is 153 g/mol. The van der Waals surface area contributed by atoms with E-state index in [9.17, 15) is 4.57 Å². The minimum Gasteiger partial charge on any atom is -0.323 e. The van der Waals surface area contributed by atoms with Crippen LogP contribution in [0.25, 0.3) is 0 Å². The highest BCUT2D eigenvalue weighted by Crippen LogP contribution is 2.48. The lowest BCUT2D eigenvalue weighted by Gasteiger charge is -2.23. The van der Waals surface area contributed by atoms with Gasteiger partial charge in [-0.25, -0.2) is 0 Å². The third kappa shape index (κ3) is 2.06. The molecule has 0 amide bonds. The lowest BCUT2D eigenvalue weighted by atomic mass is 10.3. The van der Waals surface area contributed by atoms with Crippen molar-refractivity contribution in [2.45, 2.75) is 25.5 Å². The molecule has 0 fully saturated rings. The molecule has 56 valence electrons. The van der Waals surface area contributed by atoms with Crippen molar-refractivity contribution in [2.24, 2.45) is 5.73 Å². The number of hydrogen-bond acceptors (Lipinski definition) is 2. The summed E-state index contributed by atoms with van der Waals surface area (Å²) in [6.45, 7) is 2.98. The van der Waals surface area contributed by atoms with Crippen molar-refractivity contribution in [3.63, 3.8) is 0 Å². The highest BCUT2D eigenvalue weighted by Gasteiger charge is 2.36. The molecule has 0 unspecified atom stereocenters. The third-order valence-electron chi connectivity index (χ3n) is 1.38. The molecule has 4 N–H and O–H groups in total. The molecule has 0 heterocycles. The van der Waals surface area contributed by atoms with E-state index in [0.717, 1.165) is 0 Å². The zero-order valence-electron chi connectivity index (χ0n) is 5.53. The molecule has 0 aliphatic rings. The molecule has 0 spiro atoms. The van der Waals surface area contributed by atoms with Gasteiger partial charge in [0.25, 0.3) is 0 Å². The van der Waals surface area contributed by atoms with E-state index in [-0.39, 0.29) is 6.42 Å². The first kappa shape index (κ1) is 9.11. The van der Waals surface area contributed by atoms with Crippen LogP contribution < -0.4 is 5.73 Å². The van der Waals surface area contributed by atoms with Crippen LogP contribution in [-0.4, -0.2) is 15.1 Å². The fourth-order valence-electron chi connectivity index (χ4n) is 0.206. The van der Waals surface area contributed by atoms with Crippen molar-refractivity contribution in [3.05, 3.63) is 0 Å². The molecule has 9 heavy (non-hydrogen) atoms. The second-order valence-electron chi connectivity index (χ2n) is 2.25. The van der Waals surface area contributed by atoms with Gasteiger partial charge in [-0.1, -0.05) is 6.92 Å². The molecule has 0 bridgehead atoms. The Morgan fingerprint density at radius 1 is 1.67 bits per heavy atom. The minimum absolute atomic E-state index is 0.275. The number of hydrogen-bond donors (Lipinski definition) is 3. The molecular formula is C4H12NO3P. The van der Waals surface area contributed by atoms with Gasteiger partial charge in [0.1, 0.15) is 5.28 Å². The molecule has 0 aliphatic heterocycles. The minimum atomic E-state index is -4.09. The summed E-state index contributed by atoms with van der Waals surface area (Å²) in [6, 6.07) is 0. The second-order valence-corrected chi connectivity index (χ2v) is 4.36. The van der Waals surface area contributed by atoms with E-state index >= 15 is 0 Å². The summed E-state index contributed by atoms with van der Waals surface area (Å²) in [5, 5.41) is -1.35. The van der Waals surface area contributed by atoms with E-state index in [2.05, 4.69) is 0 Å². The van der Waals surface area contributed by atoms with Gasteiger partial charge in [-0.3, -0.25) is 4.57 Å². The fraction of sp³-hybridized carbons (Fsp3) is 1.00. The van der Waals surface area contributed by atoms with Crippen LogP contribution in [0.5, 0.6) is 0 Å². The monoisotopic (exact) mass is 153 g/mol. The SMILES string of the molecule is CC[C@](C)(N)P(=O)(O)O. The molecule has 0 aromatic rings. The van der Waals surface area contributed by atoms with E-state index in [0.29, 0.717) is 0 Å². The van der Waals surface area contributed by atoms with Gasteiger partial charge in [0.15, 0.2) is 0 Å². The summed E-state index contributed by atoms with van der Waals surface area (Å²) in [6.07, 6.45) is 0.275. The van der Waals surface area contributed by atoms with Crippen LogP contribution in [0.2, 0.25) is 0 Å². The van der Waals surface area contributed by atoms with Crippen molar-refractivity contribution in [2.75, 3.05) is 0 Å². The van der Waals surface area contributed by atoms with Gasteiger partial charge >= 0.3 is 7.60 Å². The maximum atomic E-state index is 10.5. The maximum Gasteiger partial charge on any atom is 0.344 e. The normalized spacial score (nSPS) is 19.2. The van der Waals surface area contributed by atoms with E-state index in [4.69, 9.17) is 15.5 Å². The molecular weight excluding hydrogens is 141 g/mol. The lowest BCUT2D eigenvalue weighted by Crippen LogP contribution is -2.34. The van der Waals surface area contributed by atoms with E-state index in [1.807, 2.05) is 0 Å². The fourth-order valence-corrected chi connectivity index (χ4v) is 0.618. The zero-order valence-corrected chi connectivity index (χ0v) is 6.43. The van der Waals surface area contributed by atoms with Crippen molar-refractivity contribution in [1.29, 1.82) is 0 Å². The van der Waals surface area contributed by atoms with Crippen LogP contribution in [0, 0.1) is 0 Å². The molecule has 0 saturated heterocycles. The molecule has 5 heteroatoms. The van der Waals surface area contributed by atoms with Crippen LogP contribution in [0.15, 0.2) is 0 Å². The van der Waals surface area contributed by atoms with Crippen LogP contribution >= 0.6 is 7.60 Å². The summed E-state index contributed by atoms with van der Waals surface area (Å²) in [7, 11) is -4.09. The number of nitrogens with two attached hydrogens (primary N) is 1. The van der Waals surface area contributed by atoms with E-state index in [1.165, 1.54) is 6.92 Å². The topological polar surface area (TPSA) is 83.6 Å². The van der Waals surface area contributed by atoms with Crippen molar-refractivity contribution >= 4 is 7.60 Å². The molecule has 0 rings (SSSR count). The molecule has 0 saturated carbocycles. The van der Waals surface area contributed by atoms with Crippen molar-refractivity contribution in [1.82, 2.24) is 0 Å². The third-order valence-corrected chi connectivity index (χ3v) is 3.03. The largest absolute Gasteiger partial charge is 0.344 e. The van der Waals surface area contributed by atoms with Crippen LogP contribution in [0.4, 0.5) is 0 Å². The van der Waals surface area contributed by atoms with Gasteiger partial charge in [-0.15, -0.1) is 0 Å². The summed E-state index contributed by atoms with van der Waals surface area (Å²) in [4.78, 5) is 17.1. The van der Waals surface area contributed by atoms with Crippen LogP contribution in [0.3, 0.4) is 0 Å². The number of rotatable bonds is 2. The van der Waals surface area contributed by atoms with Gasteiger partial charge in [-0.05, 0) is 13.3 Å². The van der Waals surface area contributed by atoms with Gasteiger partial charge in [0, 0.05) is 0 Å². The second kappa shape index (κ2) is 2.39. The van der Waals surface area contributed by atoms with Crippen molar-refractivity contribution < 1.29 is 14.4 Å².